The van der Waals surface area contributed by atoms with Crippen molar-refractivity contribution < 1.29 is 10.2 Å². The third kappa shape index (κ3) is 3.25. The molecule has 1 aliphatic carbocycles. The lowest BCUT2D eigenvalue weighted by molar-refractivity contribution is 0.192. The number of halogens is 1. The molecule has 0 spiro atoms. The molecule has 1 saturated carbocycles. The zero-order valence-electron chi connectivity index (χ0n) is 10.4. The summed E-state index contributed by atoms with van der Waals surface area (Å²) >= 11 is 3.31. The Bertz CT molecular complexity index is 397. The number of nitrogens with one attached hydrogen (secondary N) is 1. The van der Waals surface area contributed by atoms with E-state index in [1.165, 1.54) is 12.8 Å². The average molecular weight is 314 g/mol. The van der Waals surface area contributed by atoms with Crippen LogP contribution in [0.3, 0.4) is 0 Å². The summed E-state index contributed by atoms with van der Waals surface area (Å²) in [6, 6.07) is 5.68. The molecular formula is C14H20BrNO2. The number of aliphatic hydroxyl groups excluding tert-OH is 1. The van der Waals surface area contributed by atoms with Gasteiger partial charge < -0.3 is 15.5 Å². The first-order chi connectivity index (χ1) is 8.72. The minimum Gasteiger partial charge on any atom is -0.506 e. The van der Waals surface area contributed by atoms with E-state index < -0.39 is 0 Å². The highest BCUT2D eigenvalue weighted by Crippen LogP contribution is 2.31. The second-order valence-corrected chi connectivity index (χ2v) is 5.87. The maximum Gasteiger partial charge on any atom is 0.134 e. The summed E-state index contributed by atoms with van der Waals surface area (Å²) in [5.74, 6) is 1.34. The number of hydrogen-bond donors (Lipinski definition) is 3. The Labute approximate surface area is 116 Å². The SMILES string of the molecule is OCC1CCCC1CNCc1cccc(Br)c1O. The van der Waals surface area contributed by atoms with Gasteiger partial charge in [-0.05, 0) is 53.2 Å². The van der Waals surface area contributed by atoms with Crippen LogP contribution < -0.4 is 5.32 Å². The van der Waals surface area contributed by atoms with Crippen molar-refractivity contribution in [1.82, 2.24) is 5.32 Å². The summed E-state index contributed by atoms with van der Waals surface area (Å²) in [5.41, 5.74) is 0.905. The fourth-order valence-electron chi connectivity index (χ4n) is 2.72. The predicted octanol–water partition coefficient (Wildman–Crippen LogP) is 2.65. The first kappa shape index (κ1) is 13.8. The van der Waals surface area contributed by atoms with Crippen molar-refractivity contribution in [3.8, 4) is 5.75 Å². The lowest BCUT2D eigenvalue weighted by Gasteiger charge is -2.18. The number of aromatic hydroxyl groups is 1. The molecule has 4 heteroatoms. The van der Waals surface area contributed by atoms with Gasteiger partial charge in [0.05, 0.1) is 4.47 Å². The third-order valence-electron chi connectivity index (χ3n) is 3.84. The highest BCUT2D eigenvalue weighted by Gasteiger charge is 2.25. The molecular weight excluding hydrogens is 294 g/mol. The van der Waals surface area contributed by atoms with Crippen molar-refractivity contribution in [3.63, 3.8) is 0 Å². The van der Waals surface area contributed by atoms with Gasteiger partial charge in [-0.3, -0.25) is 0 Å². The molecule has 0 radical (unpaired) electrons. The number of phenols is 1. The number of para-hydroxylation sites is 1. The number of aliphatic hydroxyl groups is 1. The van der Waals surface area contributed by atoms with Crippen LogP contribution in [0.5, 0.6) is 5.75 Å². The van der Waals surface area contributed by atoms with Crippen LogP contribution in [-0.2, 0) is 6.54 Å². The van der Waals surface area contributed by atoms with E-state index in [-0.39, 0.29) is 0 Å². The highest BCUT2D eigenvalue weighted by atomic mass is 79.9. The first-order valence-electron chi connectivity index (χ1n) is 6.50. The van der Waals surface area contributed by atoms with E-state index in [2.05, 4.69) is 21.2 Å². The van der Waals surface area contributed by atoms with Gasteiger partial charge in [0.15, 0.2) is 0 Å². The van der Waals surface area contributed by atoms with Crippen LogP contribution in [0.15, 0.2) is 22.7 Å². The van der Waals surface area contributed by atoms with Crippen LogP contribution in [0.4, 0.5) is 0 Å². The molecule has 0 bridgehead atoms. The Morgan fingerprint density at radius 1 is 1.28 bits per heavy atom. The molecule has 100 valence electrons. The number of benzene rings is 1. The molecule has 1 aromatic rings. The summed E-state index contributed by atoms with van der Waals surface area (Å²) in [7, 11) is 0. The Kier molecular flexibility index (Phi) is 5.03. The van der Waals surface area contributed by atoms with Crippen molar-refractivity contribution in [3.05, 3.63) is 28.2 Å². The van der Waals surface area contributed by atoms with Crippen LogP contribution in [0, 0.1) is 11.8 Å². The van der Waals surface area contributed by atoms with Gasteiger partial charge in [0.1, 0.15) is 5.75 Å². The minimum absolute atomic E-state index is 0.300. The van der Waals surface area contributed by atoms with Crippen molar-refractivity contribution >= 4 is 15.9 Å². The van der Waals surface area contributed by atoms with Gasteiger partial charge in [0.2, 0.25) is 0 Å². The van der Waals surface area contributed by atoms with Crippen LogP contribution >= 0.6 is 15.9 Å². The summed E-state index contributed by atoms with van der Waals surface area (Å²) in [6.45, 7) is 1.88. The largest absolute Gasteiger partial charge is 0.506 e. The normalized spacial score (nSPS) is 23.4. The molecule has 2 atom stereocenters. The summed E-state index contributed by atoms with van der Waals surface area (Å²) in [4.78, 5) is 0. The smallest absolute Gasteiger partial charge is 0.134 e. The fourth-order valence-corrected chi connectivity index (χ4v) is 3.12. The average Bonchev–Trinajstić information content (AvgIpc) is 2.82. The fraction of sp³-hybridized carbons (Fsp3) is 0.571. The summed E-state index contributed by atoms with van der Waals surface area (Å²) in [5, 5.41) is 22.5. The Morgan fingerprint density at radius 2 is 2.06 bits per heavy atom. The van der Waals surface area contributed by atoms with Crippen molar-refractivity contribution in [2.45, 2.75) is 25.8 Å². The summed E-state index contributed by atoms with van der Waals surface area (Å²) < 4.78 is 0.732. The summed E-state index contributed by atoms with van der Waals surface area (Å²) in [6.07, 6.45) is 3.56. The topological polar surface area (TPSA) is 52.5 Å². The number of rotatable bonds is 5. The molecule has 1 aromatic carbocycles. The van der Waals surface area contributed by atoms with E-state index in [1.807, 2.05) is 18.2 Å². The lowest BCUT2D eigenvalue weighted by atomic mass is 9.97. The van der Waals surface area contributed by atoms with Crippen molar-refractivity contribution in [2.75, 3.05) is 13.2 Å². The monoisotopic (exact) mass is 313 g/mol. The lowest BCUT2D eigenvalue weighted by Crippen LogP contribution is -2.26. The van der Waals surface area contributed by atoms with Gasteiger partial charge in [0, 0.05) is 18.7 Å². The molecule has 0 amide bonds. The second kappa shape index (κ2) is 6.55. The van der Waals surface area contributed by atoms with Crippen LogP contribution in [0.1, 0.15) is 24.8 Å². The van der Waals surface area contributed by atoms with E-state index >= 15 is 0 Å². The standard InChI is InChI=1S/C14H20BrNO2/c15-13-6-2-4-11(14(13)18)8-16-7-10-3-1-5-12(10)9-17/h2,4,6,10,12,16-18H,1,3,5,7-9H2. The minimum atomic E-state index is 0.300. The Morgan fingerprint density at radius 3 is 2.83 bits per heavy atom. The van der Waals surface area contributed by atoms with Gasteiger partial charge in [-0.1, -0.05) is 18.6 Å². The molecule has 18 heavy (non-hydrogen) atoms. The maximum atomic E-state index is 9.86. The van der Waals surface area contributed by atoms with E-state index in [0.29, 0.717) is 30.7 Å². The van der Waals surface area contributed by atoms with Gasteiger partial charge in [-0.2, -0.15) is 0 Å². The molecule has 0 aliphatic heterocycles. The van der Waals surface area contributed by atoms with Gasteiger partial charge >= 0.3 is 0 Å². The van der Waals surface area contributed by atoms with E-state index in [9.17, 15) is 10.2 Å². The number of phenolic OH excluding ortho intramolecular Hbond substituents is 1. The quantitative estimate of drug-likeness (QED) is 0.783. The Balaban J connectivity index is 1.83. The maximum absolute atomic E-state index is 9.86. The second-order valence-electron chi connectivity index (χ2n) is 5.01. The van der Waals surface area contributed by atoms with E-state index in [0.717, 1.165) is 23.0 Å². The highest BCUT2D eigenvalue weighted by molar-refractivity contribution is 9.10. The zero-order chi connectivity index (χ0) is 13.0. The molecule has 0 saturated heterocycles. The van der Waals surface area contributed by atoms with E-state index in [4.69, 9.17) is 0 Å². The van der Waals surface area contributed by atoms with Crippen LogP contribution in [0.2, 0.25) is 0 Å². The van der Waals surface area contributed by atoms with Crippen LogP contribution in [-0.4, -0.2) is 23.4 Å². The van der Waals surface area contributed by atoms with Crippen molar-refractivity contribution in [1.29, 1.82) is 0 Å². The molecule has 1 fully saturated rings. The molecule has 3 nitrogen and oxygen atoms in total. The number of hydrogen-bond acceptors (Lipinski definition) is 3. The predicted molar refractivity (Wildman–Crippen MR) is 75.4 cm³/mol. The van der Waals surface area contributed by atoms with Crippen LogP contribution in [0.25, 0.3) is 0 Å². The zero-order valence-corrected chi connectivity index (χ0v) is 12.0. The third-order valence-corrected chi connectivity index (χ3v) is 4.48. The van der Waals surface area contributed by atoms with Gasteiger partial charge in [-0.25, -0.2) is 0 Å². The Hall–Kier alpha value is -0.580. The molecule has 3 N–H and O–H groups in total. The molecule has 1 aliphatic rings. The van der Waals surface area contributed by atoms with Gasteiger partial charge in [0.25, 0.3) is 0 Å². The molecule has 2 rings (SSSR count). The van der Waals surface area contributed by atoms with E-state index in [1.54, 1.807) is 0 Å². The molecule has 2 unspecified atom stereocenters. The van der Waals surface area contributed by atoms with Crippen molar-refractivity contribution in [2.24, 2.45) is 11.8 Å². The molecule has 0 aromatic heterocycles. The first-order valence-corrected chi connectivity index (χ1v) is 7.29. The van der Waals surface area contributed by atoms with Gasteiger partial charge in [-0.15, -0.1) is 0 Å². The molecule has 0 heterocycles.